The number of alkyl halides is 3. The summed E-state index contributed by atoms with van der Waals surface area (Å²) in [5.74, 6) is -0.347. The second-order valence-electron chi connectivity index (χ2n) is 3.62. The van der Waals surface area contributed by atoms with Gasteiger partial charge in [-0.3, -0.25) is 0 Å². The van der Waals surface area contributed by atoms with Crippen LogP contribution in [-0.4, -0.2) is 27.8 Å². The third kappa shape index (κ3) is 3.71. The molecular formula is C9H10F3N5O2. The van der Waals surface area contributed by atoms with Crippen molar-refractivity contribution in [3.8, 4) is 0 Å². The number of rotatable bonds is 4. The van der Waals surface area contributed by atoms with E-state index in [4.69, 9.17) is 11.3 Å². The molecule has 0 aliphatic rings. The van der Waals surface area contributed by atoms with Gasteiger partial charge in [-0.05, 0) is 11.6 Å². The standard InChI is InChI=1S/C9H10F3N5O2/c10-9(11,12)4-1-5(8(13)15-2-4)7(19)6(18)3-16-17-14/h1-2,6-7,18-19H,3H2,(H2,13,15). The van der Waals surface area contributed by atoms with Crippen LogP contribution in [0.2, 0.25) is 0 Å². The minimum Gasteiger partial charge on any atom is -0.390 e. The van der Waals surface area contributed by atoms with Crippen molar-refractivity contribution in [3.63, 3.8) is 0 Å². The molecule has 0 aliphatic heterocycles. The molecule has 1 rings (SSSR count). The highest BCUT2D eigenvalue weighted by Gasteiger charge is 2.33. The predicted molar refractivity (Wildman–Crippen MR) is 58.6 cm³/mol. The molecule has 0 aromatic carbocycles. The summed E-state index contributed by atoms with van der Waals surface area (Å²) in [6.07, 6.45) is -7.44. The van der Waals surface area contributed by atoms with Gasteiger partial charge in [0.05, 0.1) is 18.2 Å². The Balaban J connectivity index is 3.08. The lowest BCUT2D eigenvalue weighted by molar-refractivity contribution is -0.138. The van der Waals surface area contributed by atoms with Gasteiger partial charge in [-0.25, -0.2) is 4.98 Å². The number of nitrogens with two attached hydrogens (primary N) is 1. The maximum absolute atomic E-state index is 12.5. The lowest BCUT2D eigenvalue weighted by Crippen LogP contribution is -2.23. The fraction of sp³-hybridized carbons (Fsp3) is 0.444. The van der Waals surface area contributed by atoms with E-state index in [1.807, 2.05) is 0 Å². The number of anilines is 1. The van der Waals surface area contributed by atoms with Crippen LogP contribution in [-0.2, 0) is 6.18 Å². The van der Waals surface area contributed by atoms with Gasteiger partial charge in [-0.2, -0.15) is 13.2 Å². The maximum Gasteiger partial charge on any atom is 0.417 e. The van der Waals surface area contributed by atoms with E-state index in [2.05, 4.69) is 15.0 Å². The smallest absolute Gasteiger partial charge is 0.390 e. The molecule has 0 spiro atoms. The lowest BCUT2D eigenvalue weighted by atomic mass is 10.0. The van der Waals surface area contributed by atoms with Crippen LogP contribution in [0.5, 0.6) is 0 Å². The highest BCUT2D eigenvalue weighted by molar-refractivity contribution is 5.43. The van der Waals surface area contributed by atoms with Gasteiger partial charge in [0.25, 0.3) is 0 Å². The first-order valence-electron chi connectivity index (χ1n) is 4.97. The number of aliphatic hydroxyl groups excluding tert-OH is 2. The molecule has 0 amide bonds. The zero-order valence-corrected chi connectivity index (χ0v) is 9.41. The number of halogens is 3. The number of nitrogens with zero attached hydrogens (tertiary/aromatic N) is 4. The molecule has 4 N–H and O–H groups in total. The zero-order chi connectivity index (χ0) is 14.6. The fourth-order valence-corrected chi connectivity index (χ4v) is 1.31. The summed E-state index contributed by atoms with van der Waals surface area (Å²) in [6, 6.07) is 0.590. The second kappa shape index (κ2) is 5.74. The van der Waals surface area contributed by atoms with Crippen LogP contribution >= 0.6 is 0 Å². The molecule has 0 fully saturated rings. The number of azide groups is 1. The van der Waals surface area contributed by atoms with Crippen molar-refractivity contribution in [2.24, 2.45) is 5.11 Å². The normalized spacial score (nSPS) is 14.6. The Morgan fingerprint density at radius 3 is 2.63 bits per heavy atom. The van der Waals surface area contributed by atoms with Crippen LogP contribution in [0, 0.1) is 0 Å². The summed E-state index contributed by atoms with van der Waals surface area (Å²) in [4.78, 5) is 5.67. The van der Waals surface area contributed by atoms with E-state index >= 15 is 0 Å². The molecule has 2 unspecified atom stereocenters. The molecule has 104 valence electrons. The molecule has 1 aromatic rings. The molecule has 1 heterocycles. The van der Waals surface area contributed by atoms with Crippen LogP contribution in [0.1, 0.15) is 17.2 Å². The fourth-order valence-electron chi connectivity index (χ4n) is 1.31. The first kappa shape index (κ1) is 15.0. The third-order valence-electron chi connectivity index (χ3n) is 2.29. The first-order chi connectivity index (χ1) is 8.77. The van der Waals surface area contributed by atoms with Gasteiger partial charge in [0.15, 0.2) is 0 Å². The highest BCUT2D eigenvalue weighted by atomic mass is 19.4. The van der Waals surface area contributed by atoms with Gasteiger partial charge in [0.1, 0.15) is 11.9 Å². The van der Waals surface area contributed by atoms with Crippen LogP contribution in [0.3, 0.4) is 0 Å². The van der Waals surface area contributed by atoms with Gasteiger partial charge in [-0.1, -0.05) is 5.11 Å². The number of pyridine rings is 1. The Bertz CT molecular complexity index is 501. The molecule has 2 atom stereocenters. The largest absolute Gasteiger partial charge is 0.417 e. The van der Waals surface area contributed by atoms with Gasteiger partial charge in [0, 0.05) is 16.7 Å². The highest BCUT2D eigenvalue weighted by Crippen LogP contribution is 2.32. The van der Waals surface area contributed by atoms with Crippen molar-refractivity contribution in [1.82, 2.24) is 4.98 Å². The Hall–Kier alpha value is -2.03. The molecule has 0 saturated heterocycles. The van der Waals surface area contributed by atoms with E-state index < -0.39 is 30.5 Å². The summed E-state index contributed by atoms with van der Waals surface area (Å²) in [6.45, 7) is -0.507. The quantitative estimate of drug-likeness (QED) is 0.436. The minimum atomic E-state index is -4.65. The van der Waals surface area contributed by atoms with Crippen molar-refractivity contribution in [2.75, 3.05) is 12.3 Å². The first-order valence-corrected chi connectivity index (χ1v) is 4.97. The van der Waals surface area contributed by atoms with E-state index in [0.29, 0.717) is 12.3 Å². The van der Waals surface area contributed by atoms with Crippen molar-refractivity contribution in [3.05, 3.63) is 33.8 Å². The Labute approximate surface area is 105 Å². The Morgan fingerprint density at radius 2 is 2.11 bits per heavy atom. The average molecular weight is 277 g/mol. The molecule has 7 nitrogen and oxygen atoms in total. The topological polar surface area (TPSA) is 128 Å². The molecule has 1 aromatic heterocycles. The SMILES string of the molecule is [N-]=[N+]=NCC(O)C(O)c1cc(C(F)(F)F)cnc1N. The van der Waals surface area contributed by atoms with Gasteiger partial charge < -0.3 is 15.9 Å². The Morgan fingerprint density at radius 1 is 1.47 bits per heavy atom. The predicted octanol–water partition coefficient (Wildman–Crippen LogP) is 1.39. The zero-order valence-electron chi connectivity index (χ0n) is 9.41. The number of hydrogen-bond donors (Lipinski definition) is 3. The summed E-state index contributed by atoms with van der Waals surface area (Å²) in [7, 11) is 0. The van der Waals surface area contributed by atoms with Crippen LogP contribution in [0.25, 0.3) is 10.4 Å². The molecule has 19 heavy (non-hydrogen) atoms. The van der Waals surface area contributed by atoms with Crippen LogP contribution in [0.15, 0.2) is 17.4 Å². The summed E-state index contributed by atoms with van der Waals surface area (Å²) < 4.78 is 37.4. The van der Waals surface area contributed by atoms with Crippen molar-refractivity contribution >= 4 is 5.82 Å². The van der Waals surface area contributed by atoms with Gasteiger partial charge >= 0.3 is 6.18 Å². The summed E-state index contributed by atoms with van der Waals surface area (Å²) in [5.41, 5.74) is 11.9. The molecule has 0 bridgehead atoms. The molecular weight excluding hydrogens is 267 g/mol. The van der Waals surface area contributed by atoms with Gasteiger partial charge in [-0.15, -0.1) is 0 Å². The van der Waals surface area contributed by atoms with E-state index in [9.17, 15) is 23.4 Å². The van der Waals surface area contributed by atoms with Crippen molar-refractivity contribution in [2.45, 2.75) is 18.4 Å². The average Bonchev–Trinajstić information content (AvgIpc) is 2.34. The number of hydrogen-bond acceptors (Lipinski definition) is 5. The third-order valence-corrected chi connectivity index (χ3v) is 2.29. The van der Waals surface area contributed by atoms with E-state index in [1.54, 1.807) is 0 Å². The monoisotopic (exact) mass is 277 g/mol. The Kier molecular flexibility index (Phi) is 4.54. The van der Waals surface area contributed by atoms with Crippen LogP contribution in [0.4, 0.5) is 19.0 Å². The van der Waals surface area contributed by atoms with E-state index in [0.717, 1.165) is 0 Å². The number of nitrogen functional groups attached to an aromatic ring is 1. The molecule has 10 heteroatoms. The van der Waals surface area contributed by atoms with E-state index in [1.165, 1.54) is 0 Å². The summed E-state index contributed by atoms with van der Waals surface area (Å²) in [5, 5.41) is 22.1. The lowest BCUT2D eigenvalue weighted by Gasteiger charge is -2.18. The second-order valence-corrected chi connectivity index (χ2v) is 3.62. The van der Waals surface area contributed by atoms with Crippen molar-refractivity contribution < 1.29 is 23.4 Å². The van der Waals surface area contributed by atoms with Crippen LogP contribution < -0.4 is 5.73 Å². The van der Waals surface area contributed by atoms with Crippen molar-refractivity contribution in [1.29, 1.82) is 0 Å². The molecule has 0 saturated carbocycles. The van der Waals surface area contributed by atoms with Gasteiger partial charge in [0.2, 0.25) is 0 Å². The maximum atomic E-state index is 12.5. The van der Waals surface area contributed by atoms with E-state index in [-0.39, 0.29) is 11.4 Å². The molecule has 0 aliphatic carbocycles. The number of aromatic nitrogens is 1. The number of aliphatic hydroxyl groups is 2. The minimum absolute atomic E-state index is 0.347. The molecule has 0 radical (unpaired) electrons. The summed E-state index contributed by atoms with van der Waals surface area (Å²) >= 11 is 0.